The van der Waals surface area contributed by atoms with Gasteiger partial charge in [-0.05, 0) is 30.5 Å². The zero-order valence-corrected chi connectivity index (χ0v) is 11.8. The molecule has 1 heterocycles. The van der Waals surface area contributed by atoms with E-state index < -0.39 is 27.1 Å². The first-order valence-corrected chi connectivity index (χ1v) is 8.09. The molecule has 0 spiro atoms. The van der Waals surface area contributed by atoms with Gasteiger partial charge in [0, 0.05) is 12.2 Å². The summed E-state index contributed by atoms with van der Waals surface area (Å²) >= 11 is 0. The number of halogens is 3. The van der Waals surface area contributed by atoms with Crippen LogP contribution in [0.25, 0.3) is 0 Å². The smallest absolute Gasteiger partial charge is 0.385 e. The second-order valence-electron chi connectivity index (χ2n) is 5.02. The van der Waals surface area contributed by atoms with Gasteiger partial charge in [-0.3, -0.25) is 0 Å². The topological polar surface area (TPSA) is 70.0 Å². The van der Waals surface area contributed by atoms with E-state index in [1.807, 2.05) is 0 Å². The highest BCUT2D eigenvalue weighted by Crippen LogP contribution is 2.33. The molecule has 0 saturated carbocycles. The van der Waals surface area contributed by atoms with Crippen LogP contribution in [0.4, 0.5) is 18.9 Å². The number of nitriles is 1. The molecule has 1 fully saturated rings. The Bertz CT molecular complexity index is 678. The Balaban J connectivity index is 2.10. The lowest BCUT2D eigenvalue weighted by Crippen LogP contribution is -2.16. The second-order valence-corrected chi connectivity index (χ2v) is 7.25. The van der Waals surface area contributed by atoms with Gasteiger partial charge in [-0.25, -0.2) is 8.42 Å². The number of hydrogen-bond acceptors (Lipinski definition) is 4. The van der Waals surface area contributed by atoms with Crippen LogP contribution in [0.5, 0.6) is 0 Å². The van der Waals surface area contributed by atoms with Crippen molar-refractivity contribution in [2.75, 3.05) is 23.4 Å². The Kier molecular flexibility index (Phi) is 4.14. The molecule has 4 nitrogen and oxygen atoms in total. The van der Waals surface area contributed by atoms with Crippen molar-refractivity contribution >= 4 is 15.5 Å². The molecule has 0 aliphatic carbocycles. The summed E-state index contributed by atoms with van der Waals surface area (Å²) in [4.78, 5) is 0. The highest BCUT2D eigenvalue weighted by Gasteiger charge is 2.34. The van der Waals surface area contributed by atoms with Crippen molar-refractivity contribution in [2.24, 2.45) is 5.92 Å². The van der Waals surface area contributed by atoms with Crippen LogP contribution in [-0.4, -0.2) is 26.5 Å². The monoisotopic (exact) mass is 318 g/mol. The Labute approximate surface area is 120 Å². The Hall–Kier alpha value is -1.75. The minimum atomic E-state index is -4.60. The zero-order valence-electron chi connectivity index (χ0n) is 10.9. The van der Waals surface area contributed by atoms with E-state index in [4.69, 9.17) is 5.26 Å². The number of sulfone groups is 1. The Morgan fingerprint density at radius 3 is 2.62 bits per heavy atom. The molecule has 21 heavy (non-hydrogen) atoms. The fourth-order valence-electron chi connectivity index (χ4n) is 2.28. The number of alkyl halides is 3. The molecule has 114 valence electrons. The summed E-state index contributed by atoms with van der Waals surface area (Å²) in [5, 5.41) is 11.5. The standard InChI is InChI=1S/C13H13F3N2O2S/c14-13(15,16)12-5-11(2-1-10(12)6-17)18-7-9-3-4-21(19,20)8-9/h1-2,5,9,18H,3-4,7-8H2. The lowest BCUT2D eigenvalue weighted by molar-refractivity contribution is -0.137. The third kappa shape index (κ3) is 3.88. The number of benzene rings is 1. The third-order valence-electron chi connectivity index (χ3n) is 3.37. The molecule has 1 saturated heterocycles. The summed E-state index contributed by atoms with van der Waals surface area (Å²) in [7, 11) is -3.00. The average Bonchev–Trinajstić information content (AvgIpc) is 2.74. The maximum atomic E-state index is 12.8. The van der Waals surface area contributed by atoms with Crippen molar-refractivity contribution in [2.45, 2.75) is 12.6 Å². The predicted molar refractivity (Wildman–Crippen MR) is 71.4 cm³/mol. The maximum Gasteiger partial charge on any atom is 0.417 e. The molecule has 1 aliphatic heterocycles. The highest BCUT2D eigenvalue weighted by atomic mass is 32.2. The highest BCUT2D eigenvalue weighted by molar-refractivity contribution is 7.91. The first-order chi connectivity index (χ1) is 9.71. The molecule has 0 bridgehead atoms. The number of nitrogens with zero attached hydrogens (tertiary/aromatic N) is 1. The third-order valence-corrected chi connectivity index (χ3v) is 5.20. The van der Waals surface area contributed by atoms with Crippen LogP contribution in [0.1, 0.15) is 17.5 Å². The minimum Gasteiger partial charge on any atom is -0.385 e. The summed E-state index contributed by atoms with van der Waals surface area (Å²) in [6.45, 7) is 0.294. The molecule has 0 radical (unpaired) electrons. The van der Waals surface area contributed by atoms with Gasteiger partial charge >= 0.3 is 6.18 Å². The molecule has 0 amide bonds. The first-order valence-electron chi connectivity index (χ1n) is 6.27. The molecule has 1 aliphatic rings. The van der Waals surface area contributed by atoms with Gasteiger partial charge in [0.05, 0.1) is 28.7 Å². The number of anilines is 1. The summed E-state index contributed by atoms with van der Waals surface area (Å²) in [6, 6.07) is 4.88. The second kappa shape index (κ2) is 5.56. The van der Waals surface area contributed by atoms with E-state index >= 15 is 0 Å². The number of rotatable bonds is 3. The maximum absolute atomic E-state index is 12.8. The van der Waals surface area contributed by atoms with Crippen LogP contribution in [0.15, 0.2) is 18.2 Å². The van der Waals surface area contributed by atoms with Crippen LogP contribution in [0, 0.1) is 17.2 Å². The summed E-state index contributed by atoms with van der Waals surface area (Å²) in [5.74, 6) is 0.0862. The molecular weight excluding hydrogens is 305 g/mol. The van der Waals surface area contributed by atoms with Crippen molar-refractivity contribution < 1.29 is 21.6 Å². The quantitative estimate of drug-likeness (QED) is 0.929. The zero-order chi connectivity index (χ0) is 15.7. The molecule has 1 unspecified atom stereocenters. The van der Waals surface area contributed by atoms with E-state index in [0.717, 1.165) is 12.1 Å². The van der Waals surface area contributed by atoms with E-state index in [0.29, 0.717) is 13.0 Å². The first kappa shape index (κ1) is 15.6. The van der Waals surface area contributed by atoms with Gasteiger partial charge in [0.25, 0.3) is 0 Å². The van der Waals surface area contributed by atoms with E-state index in [1.165, 1.54) is 12.1 Å². The normalized spacial score (nSPS) is 21.0. The van der Waals surface area contributed by atoms with Crippen molar-refractivity contribution in [3.8, 4) is 6.07 Å². The van der Waals surface area contributed by atoms with Crippen LogP contribution < -0.4 is 5.32 Å². The van der Waals surface area contributed by atoms with Crippen LogP contribution in [0.2, 0.25) is 0 Å². The average molecular weight is 318 g/mol. The minimum absolute atomic E-state index is 0.0579. The van der Waals surface area contributed by atoms with Gasteiger partial charge in [0.1, 0.15) is 0 Å². The largest absolute Gasteiger partial charge is 0.417 e. The molecule has 8 heteroatoms. The van der Waals surface area contributed by atoms with Gasteiger partial charge in [0.2, 0.25) is 0 Å². The fraction of sp³-hybridized carbons (Fsp3) is 0.462. The van der Waals surface area contributed by atoms with Crippen molar-refractivity contribution in [1.82, 2.24) is 0 Å². The van der Waals surface area contributed by atoms with Crippen molar-refractivity contribution in [3.63, 3.8) is 0 Å². The summed E-state index contributed by atoms with van der Waals surface area (Å²) in [6.07, 6.45) is -4.09. The summed E-state index contributed by atoms with van der Waals surface area (Å²) in [5.41, 5.74) is -1.20. The Morgan fingerprint density at radius 1 is 1.38 bits per heavy atom. The lowest BCUT2D eigenvalue weighted by Gasteiger charge is -2.14. The van der Waals surface area contributed by atoms with Gasteiger partial charge < -0.3 is 5.32 Å². The molecule has 1 N–H and O–H groups in total. The Morgan fingerprint density at radius 2 is 2.10 bits per heavy atom. The fourth-order valence-corrected chi connectivity index (χ4v) is 4.14. The van der Waals surface area contributed by atoms with Gasteiger partial charge in [0.15, 0.2) is 9.84 Å². The van der Waals surface area contributed by atoms with Crippen LogP contribution in [-0.2, 0) is 16.0 Å². The van der Waals surface area contributed by atoms with Crippen LogP contribution >= 0.6 is 0 Å². The van der Waals surface area contributed by atoms with Crippen LogP contribution in [0.3, 0.4) is 0 Å². The van der Waals surface area contributed by atoms with Gasteiger partial charge in [-0.15, -0.1) is 0 Å². The predicted octanol–water partition coefficient (Wildman–Crippen LogP) is 2.42. The van der Waals surface area contributed by atoms with Gasteiger partial charge in [-0.2, -0.15) is 18.4 Å². The van der Waals surface area contributed by atoms with E-state index in [9.17, 15) is 21.6 Å². The van der Waals surface area contributed by atoms with E-state index in [-0.39, 0.29) is 23.1 Å². The molecule has 1 atom stereocenters. The number of hydrogen-bond donors (Lipinski definition) is 1. The molecular formula is C13H13F3N2O2S. The molecule has 2 rings (SSSR count). The van der Waals surface area contributed by atoms with Crippen molar-refractivity contribution in [1.29, 1.82) is 5.26 Å². The van der Waals surface area contributed by atoms with E-state index in [2.05, 4.69) is 5.32 Å². The lowest BCUT2D eigenvalue weighted by atomic mass is 10.1. The van der Waals surface area contributed by atoms with Crippen molar-refractivity contribution in [3.05, 3.63) is 29.3 Å². The van der Waals surface area contributed by atoms with Gasteiger partial charge in [-0.1, -0.05) is 0 Å². The number of nitrogens with one attached hydrogen (secondary N) is 1. The molecule has 0 aromatic heterocycles. The molecule has 1 aromatic carbocycles. The summed E-state index contributed by atoms with van der Waals surface area (Å²) < 4.78 is 61.0. The van der Waals surface area contributed by atoms with E-state index in [1.54, 1.807) is 0 Å². The molecule has 1 aromatic rings. The SMILES string of the molecule is N#Cc1ccc(NCC2CCS(=O)(=O)C2)cc1C(F)(F)F.